The lowest BCUT2D eigenvalue weighted by Gasteiger charge is -2.19. The Morgan fingerprint density at radius 2 is 2.05 bits per heavy atom. The van der Waals surface area contributed by atoms with Crippen LogP contribution in [0.2, 0.25) is 0 Å². The lowest BCUT2D eigenvalue weighted by molar-refractivity contribution is 0.405. The van der Waals surface area contributed by atoms with Gasteiger partial charge in [-0.3, -0.25) is 0 Å². The Kier molecular flexibility index (Phi) is 4.61. The molecule has 2 aromatic rings. The van der Waals surface area contributed by atoms with Gasteiger partial charge in [-0.05, 0) is 38.6 Å². The van der Waals surface area contributed by atoms with Crippen molar-refractivity contribution in [3.63, 3.8) is 0 Å². The molecule has 1 heterocycles. The molecule has 0 amide bonds. The third-order valence-corrected chi connectivity index (χ3v) is 4.59. The van der Waals surface area contributed by atoms with E-state index in [1.165, 1.54) is 20.9 Å². The highest BCUT2D eigenvalue weighted by Gasteiger charge is 2.18. The maximum atomic E-state index is 5.50. The number of aryl methyl sites for hydroxylation is 2. The first kappa shape index (κ1) is 14.1. The zero-order valence-electron chi connectivity index (χ0n) is 12.0. The van der Waals surface area contributed by atoms with Crippen molar-refractivity contribution in [1.82, 2.24) is 5.32 Å². The van der Waals surface area contributed by atoms with Gasteiger partial charge in [-0.2, -0.15) is 0 Å². The minimum Gasteiger partial charge on any atom is -0.496 e. The summed E-state index contributed by atoms with van der Waals surface area (Å²) in [5.74, 6) is 0.941. The fourth-order valence-electron chi connectivity index (χ4n) is 2.27. The third-order valence-electron chi connectivity index (χ3n) is 3.30. The number of hydrogen-bond donors (Lipinski definition) is 1. The minimum atomic E-state index is 0.195. The van der Waals surface area contributed by atoms with Crippen LogP contribution in [-0.4, -0.2) is 14.2 Å². The SMILES string of the molecule is CCc1ccc(C(NC)c2cc(C)ccc2OC)s1. The van der Waals surface area contributed by atoms with Gasteiger partial charge in [0.2, 0.25) is 0 Å². The van der Waals surface area contributed by atoms with Crippen LogP contribution in [0.4, 0.5) is 0 Å². The van der Waals surface area contributed by atoms with Crippen molar-refractivity contribution in [2.45, 2.75) is 26.3 Å². The summed E-state index contributed by atoms with van der Waals surface area (Å²) < 4.78 is 5.50. The molecular formula is C16H21NOS. The molecule has 1 aromatic heterocycles. The van der Waals surface area contributed by atoms with Crippen molar-refractivity contribution in [1.29, 1.82) is 0 Å². The smallest absolute Gasteiger partial charge is 0.124 e. The molecule has 1 unspecified atom stereocenters. The predicted molar refractivity (Wildman–Crippen MR) is 82.3 cm³/mol. The molecule has 1 aromatic carbocycles. The van der Waals surface area contributed by atoms with Crippen molar-refractivity contribution >= 4 is 11.3 Å². The molecule has 0 radical (unpaired) electrons. The van der Waals surface area contributed by atoms with Gasteiger partial charge in [0.25, 0.3) is 0 Å². The van der Waals surface area contributed by atoms with Gasteiger partial charge >= 0.3 is 0 Å². The fraction of sp³-hybridized carbons (Fsp3) is 0.375. The topological polar surface area (TPSA) is 21.3 Å². The van der Waals surface area contributed by atoms with E-state index in [-0.39, 0.29) is 6.04 Å². The monoisotopic (exact) mass is 275 g/mol. The van der Waals surface area contributed by atoms with Gasteiger partial charge in [0.05, 0.1) is 13.2 Å². The second kappa shape index (κ2) is 6.22. The Hall–Kier alpha value is -1.32. The average Bonchev–Trinajstić information content (AvgIpc) is 2.89. The van der Waals surface area contributed by atoms with Crippen LogP contribution in [-0.2, 0) is 6.42 Å². The summed E-state index contributed by atoms with van der Waals surface area (Å²) in [6.45, 7) is 4.30. The standard InChI is InChI=1S/C16H21NOS/c1-5-12-7-9-15(19-12)16(17-3)13-10-11(2)6-8-14(13)18-4/h6-10,16-17H,5H2,1-4H3. The Morgan fingerprint density at radius 1 is 1.26 bits per heavy atom. The van der Waals surface area contributed by atoms with E-state index in [4.69, 9.17) is 4.74 Å². The molecule has 1 N–H and O–H groups in total. The molecule has 0 aliphatic heterocycles. The highest BCUT2D eigenvalue weighted by molar-refractivity contribution is 7.12. The van der Waals surface area contributed by atoms with Crippen molar-refractivity contribution in [3.05, 3.63) is 51.2 Å². The van der Waals surface area contributed by atoms with Crippen LogP contribution in [0.5, 0.6) is 5.75 Å². The normalized spacial score (nSPS) is 12.4. The quantitative estimate of drug-likeness (QED) is 0.892. The molecule has 2 rings (SSSR count). The number of hydrogen-bond acceptors (Lipinski definition) is 3. The first-order valence-corrected chi connectivity index (χ1v) is 7.41. The van der Waals surface area contributed by atoms with Gasteiger partial charge in [-0.15, -0.1) is 11.3 Å². The second-order valence-electron chi connectivity index (χ2n) is 4.62. The van der Waals surface area contributed by atoms with E-state index in [0.717, 1.165) is 12.2 Å². The molecule has 0 aliphatic carbocycles. The van der Waals surface area contributed by atoms with Gasteiger partial charge in [-0.25, -0.2) is 0 Å². The third kappa shape index (κ3) is 2.99. The van der Waals surface area contributed by atoms with Crippen LogP contribution in [0.25, 0.3) is 0 Å². The minimum absolute atomic E-state index is 0.195. The summed E-state index contributed by atoms with van der Waals surface area (Å²) in [4.78, 5) is 2.75. The Balaban J connectivity index is 2.43. The van der Waals surface area contributed by atoms with Gasteiger partial charge in [0.1, 0.15) is 5.75 Å². The number of methoxy groups -OCH3 is 1. The fourth-order valence-corrected chi connectivity index (χ4v) is 3.35. The summed E-state index contributed by atoms with van der Waals surface area (Å²) in [6.07, 6.45) is 1.09. The Bertz CT molecular complexity index is 547. The lowest BCUT2D eigenvalue weighted by atomic mass is 10.0. The second-order valence-corrected chi connectivity index (χ2v) is 5.82. The van der Waals surface area contributed by atoms with Crippen LogP contribution >= 0.6 is 11.3 Å². The molecule has 0 saturated carbocycles. The van der Waals surface area contributed by atoms with E-state index >= 15 is 0 Å². The molecule has 0 spiro atoms. The summed E-state index contributed by atoms with van der Waals surface area (Å²) in [6, 6.07) is 11.0. The van der Waals surface area contributed by atoms with Gasteiger partial charge in [-0.1, -0.05) is 24.6 Å². The van der Waals surface area contributed by atoms with Gasteiger partial charge in [0.15, 0.2) is 0 Å². The summed E-state index contributed by atoms with van der Waals surface area (Å²) in [7, 11) is 3.73. The molecule has 0 aliphatic rings. The van der Waals surface area contributed by atoms with Crippen molar-refractivity contribution in [2.24, 2.45) is 0 Å². The average molecular weight is 275 g/mol. The van der Waals surface area contributed by atoms with Crippen molar-refractivity contribution in [2.75, 3.05) is 14.2 Å². The molecule has 19 heavy (non-hydrogen) atoms. The number of rotatable bonds is 5. The number of ether oxygens (including phenoxy) is 1. The molecule has 0 bridgehead atoms. The van der Waals surface area contributed by atoms with Crippen LogP contribution in [0.1, 0.15) is 33.8 Å². The van der Waals surface area contributed by atoms with E-state index in [0.29, 0.717) is 0 Å². The summed E-state index contributed by atoms with van der Waals surface area (Å²) >= 11 is 1.87. The van der Waals surface area contributed by atoms with Crippen molar-refractivity contribution < 1.29 is 4.74 Å². The molecular weight excluding hydrogens is 254 g/mol. The molecule has 1 atom stereocenters. The maximum Gasteiger partial charge on any atom is 0.124 e. The van der Waals surface area contributed by atoms with E-state index in [9.17, 15) is 0 Å². The summed E-state index contributed by atoms with van der Waals surface area (Å²) in [5.41, 5.74) is 2.46. The highest BCUT2D eigenvalue weighted by Crippen LogP contribution is 2.34. The molecule has 2 nitrogen and oxygen atoms in total. The highest BCUT2D eigenvalue weighted by atomic mass is 32.1. The zero-order valence-corrected chi connectivity index (χ0v) is 12.8. The predicted octanol–water partition coefficient (Wildman–Crippen LogP) is 3.94. The molecule has 3 heteroatoms. The maximum absolute atomic E-state index is 5.50. The number of nitrogens with one attached hydrogen (secondary N) is 1. The van der Waals surface area contributed by atoms with E-state index < -0.39 is 0 Å². The zero-order chi connectivity index (χ0) is 13.8. The number of benzene rings is 1. The van der Waals surface area contributed by atoms with E-state index in [1.807, 2.05) is 24.5 Å². The summed E-state index contributed by atoms with van der Waals surface area (Å²) in [5, 5.41) is 3.40. The van der Waals surface area contributed by atoms with Crippen LogP contribution < -0.4 is 10.1 Å². The molecule has 0 fully saturated rings. The first-order valence-electron chi connectivity index (χ1n) is 6.60. The van der Waals surface area contributed by atoms with E-state index in [1.54, 1.807) is 7.11 Å². The molecule has 0 saturated heterocycles. The van der Waals surface area contributed by atoms with Gasteiger partial charge in [0, 0.05) is 15.3 Å². The Morgan fingerprint density at radius 3 is 2.63 bits per heavy atom. The number of thiophene rings is 1. The lowest BCUT2D eigenvalue weighted by Crippen LogP contribution is -2.17. The first-order chi connectivity index (χ1) is 9.19. The van der Waals surface area contributed by atoms with Crippen LogP contribution in [0.3, 0.4) is 0 Å². The molecule has 102 valence electrons. The Labute approximate surface area is 119 Å². The van der Waals surface area contributed by atoms with E-state index in [2.05, 4.69) is 43.4 Å². The van der Waals surface area contributed by atoms with Crippen molar-refractivity contribution in [3.8, 4) is 5.75 Å². The van der Waals surface area contributed by atoms with Crippen LogP contribution in [0.15, 0.2) is 30.3 Å². The van der Waals surface area contributed by atoms with Crippen LogP contribution in [0, 0.1) is 6.92 Å². The van der Waals surface area contributed by atoms with Gasteiger partial charge < -0.3 is 10.1 Å². The largest absolute Gasteiger partial charge is 0.496 e.